The summed E-state index contributed by atoms with van der Waals surface area (Å²) < 4.78 is 7.03. The average molecular weight is 526 g/mol. The van der Waals surface area contributed by atoms with Gasteiger partial charge in [0.05, 0.1) is 7.11 Å². The molecule has 0 spiro atoms. The third-order valence-electron chi connectivity index (χ3n) is 7.02. The van der Waals surface area contributed by atoms with Gasteiger partial charge in [-0.15, -0.1) is 0 Å². The lowest BCUT2D eigenvalue weighted by molar-refractivity contribution is -0.698. The Bertz CT molecular complexity index is 1030. The normalized spacial score (nSPS) is 13.0. The number of esters is 1. The van der Waals surface area contributed by atoms with Crippen LogP contribution < -0.4 is 9.88 Å². The molecule has 6 heteroatoms. The molecule has 0 radical (unpaired) electrons. The van der Waals surface area contributed by atoms with Gasteiger partial charge < -0.3 is 15.2 Å². The molecule has 0 saturated heterocycles. The number of amides is 1. The number of carbonyl (C=O) groups excluding carboxylic acids is 2. The van der Waals surface area contributed by atoms with Crippen molar-refractivity contribution in [3.05, 3.63) is 58.9 Å². The molecular weight excluding hydrogens is 476 g/mol. The number of hydrogen-bond donors (Lipinski definition) is 2. The fraction of sp³-hybridized carbons (Fsp3) is 0.594. The molecule has 38 heavy (non-hydrogen) atoms. The Labute approximate surface area is 229 Å². The van der Waals surface area contributed by atoms with Crippen LogP contribution in [0.3, 0.4) is 0 Å². The summed E-state index contributed by atoms with van der Waals surface area (Å²) in [5.74, 6) is 0.700. The van der Waals surface area contributed by atoms with Crippen molar-refractivity contribution in [3.63, 3.8) is 0 Å². The van der Waals surface area contributed by atoms with E-state index in [0.717, 1.165) is 61.8 Å². The van der Waals surface area contributed by atoms with Crippen LogP contribution in [0, 0.1) is 24.7 Å². The largest absolute Gasteiger partial charge is 0.503 e. The van der Waals surface area contributed by atoms with Crippen molar-refractivity contribution in [2.24, 2.45) is 17.8 Å². The molecule has 0 aliphatic rings. The molecule has 2 unspecified atom stereocenters. The lowest BCUT2D eigenvalue weighted by Gasteiger charge is -2.19. The van der Waals surface area contributed by atoms with Gasteiger partial charge >= 0.3 is 5.97 Å². The Kier molecular flexibility index (Phi) is 12.8. The quantitative estimate of drug-likeness (QED) is 0.183. The number of hydrogen-bond acceptors (Lipinski definition) is 4. The topological polar surface area (TPSA) is 79.5 Å². The van der Waals surface area contributed by atoms with E-state index in [0.29, 0.717) is 24.0 Å². The lowest BCUT2D eigenvalue weighted by Crippen LogP contribution is -2.45. The maximum absolute atomic E-state index is 12.9. The van der Waals surface area contributed by atoms with E-state index < -0.39 is 12.0 Å². The Hall–Kier alpha value is -2.89. The van der Waals surface area contributed by atoms with Crippen molar-refractivity contribution in [2.45, 2.75) is 99.1 Å². The minimum Gasteiger partial charge on any atom is -0.503 e. The second-order valence-corrected chi connectivity index (χ2v) is 11.6. The molecule has 0 bridgehead atoms. The first-order valence-electron chi connectivity index (χ1n) is 14.2. The van der Waals surface area contributed by atoms with Gasteiger partial charge in [0.25, 0.3) is 0 Å². The zero-order chi connectivity index (χ0) is 28.2. The molecule has 0 fully saturated rings. The van der Waals surface area contributed by atoms with E-state index in [1.54, 1.807) is 0 Å². The molecule has 2 rings (SSSR count). The van der Waals surface area contributed by atoms with Crippen LogP contribution in [0.1, 0.15) is 82.6 Å². The van der Waals surface area contributed by atoms with Crippen LogP contribution in [0.5, 0.6) is 5.75 Å². The molecule has 0 aliphatic carbocycles. The fourth-order valence-electron chi connectivity index (χ4n) is 4.63. The summed E-state index contributed by atoms with van der Waals surface area (Å²) in [7, 11) is 1.35. The van der Waals surface area contributed by atoms with Gasteiger partial charge in [0.1, 0.15) is 12.6 Å². The van der Waals surface area contributed by atoms with Crippen molar-refractivity contribution in [2.75, 3.05) is 7.11 Å². The van der Waals surface area contributed by atoms with Gasteiger partial charge in [-0.05, 0) is 56.4 Å². The third-order valence-corrected chi connectivity index (χ3v) is 7.02. The number of ether oxygens (including phenoxy) is 1. The van der Waals surface area contributed by atoms with Crippen molar-refractivity contribution < 1.29 is 24.0 Å². The monoisotopic (exact) mass is 525 g/mol. The van der Waals surface area contributed by atoms with E-state index in [1.165, 1.54) is 12.7 Å². The summed E-state index contributed by atoms with van der Waals surface area (Å²) >= 11 is 0. The predicted octanol–water partition coefficient (Wildman–Crippen LogP) is 5.48. The minimum absolute atomic E-state index is 0.133. The molecule has 2 N–H and O–H groups in total. The van der Waals surface area contributed by atoms with Crippen molar-refractivity contribution >= 4 is 11.9 Å². The van der Waals surface area contributed by atoms with Crippen molar-refractivity contribution in [1.29, 1.82) is 0 Å². The molecular formula is C32H49N2O4+. The van der Waals surface area contributed by atoms with Gasteiger partial charge in [-0.3, -0.25) is 4.79 Å². The Balaban J connectivity index is 1.92. The molecule has 1 aromatic heterocycles. The molecule has 2 aromatic rings. The molecule has 6 nitrogen and oxygen atoms in total. The number of benzene rings is 1. The highest BCUT2D eigenvalue weighted by Gasteiger charge is 2.24. The average Bonchev–Trinajstić information content (AvgIpc) is 2.86. The number of aromatic hydroxyl groups is 1. The van der Waals surface area contributed by atoms with Gasteiger partial charge in [0.15, 0.2) is 11.9 Å². The molecule has 0 saturated carbocycles. The number of nitrogens with zero attached hydrogens (tertiary/aromatic N) is 1. The molecule has 0 aliphatic heterocycles. The highest BCUT2D eigenvalue weighted by atomic mass is 16.5. The van der Waals surface area contributed by atoms with Crippen LogP contribution in [-0.4, -0.2) is 30.1 Å². The van der Waals surface area contributed by atoms with Gasteiger partial charge in [-0.25, -0.2) is 9.36 Å². The second kappa shape index (κ2) is 15.5. The van der Waals surface area contributed by atoms with E-state index in [9.17, 15) is 14.7 Å². The molecule has 210 valence electrons. The Morgan fingerprint density at radius 2 is 1.63 bits per heavy atom. The van der Waals surface area contributed by atoms with E-state index >= 15 is 0 Å². The maximum atomic E-state index is 12.9. The first-order chi connectivity index (χ1) is 18.0. The van der Waals surface area contributed by atoms with E-state index in [-0.39, 0.29) is 11.8 Å². The van der Waals surface area contributed by atoms with E-state index in [1.807, 2.05) is 44.3 Å². The van der Waals surface area contributed by atoms with Crippen LogP contribution in [0.2, 0.25) is 0 Å². The summed E-state index contributed by atoms with van der Waals surface area (Å²) in [4.78, 5) is 25.2. The minimum atomic E-state index is -0.704. The Morgan fingerprint density at radius 1 is 0.947 bits per heavy atom. The highest BCUT2D eigenvalue weighted by Crippen LogP contribution is 2.24. The summed E-state index contributed by atoms with van der Waals surface area (Å²) in [6, 6.07) is 7.23. The zero-order valence-electron chi connectivity index (χ0n) is 24.5. The number of pyridine rings is 1. The number of aromatic nitrogens is 1. The number of aryl methyl sites for hydroxylation is 3. The standard InChI is InChI=1S/C32H48N2O4/c1-22(2)11-16-27-20-34(21-30(35)28(27)18-23(3)4)17-9-8-10-25(6)31(36)33-29(32(37)38-7)19-26-14-12-24(5)13-15-26/h12-15,20-23,25,29H,8-11,16-19H2,1-7H3,(H-,33,35,36)/p+1. The van der Waals surface area contributed by atoms with E-state index in [2.05, 4.69) is 43.8 Å². The summed E-state index contributed by atoms with van der Waals surface area (Å²) in [6.07, 6.45) is 9.88. The lowest BCUT2D eigenvalue weighted by atomic mass is 9.94. The van der Waals surface area contributed by atoms with Gasteiger partial charge in [0, 0.05) is 29.9 Å². The van der Waals surface area contributed by atoms with Crippen LogP contribution in [0.4, 0.5) is 0 Å². The van der Waals surface area contributed by atoms with Crippen molar-refractivity contribution in [3.8, 4) is 5.75 Å². The molecule has 1 aromatic carbocycles. The maximum Gasteiger partial charge on any atom is 0.328 e. The molecule has 2 atom stereocenters. The van der Waals surface area contributed by atoms with Crippen molar-refractivity contribution in [1.82, 2.24) is 5.32 Å². The van der Waals surface area contributed by atoms with Gasteiger partial charge in [-0.1, -0.05) is 64.4 Å². The highest BCUT2D eigenvalue weighted by molar-refractivity contribution is 5.85. The van der Waals surface area contributed by atoms with Gasteiger partial charge in [-0.2, -0.15) is 0 Å². The van der Waals surface area contributed by atoms with E-state index in [4.69, 9.17) is 4.74 Å². The number of methoxy groups -OCH3 is 1. The SMILES string of the molecule is COC(=O)C(Cc1ccc(C)cc1)NC(=O)C(C)CCCC[n+]1cc(O)c(CC(C)C)c(CCC(C)C)c1. The first-order valence-corrected chi connectivity index (χ1v) is 14.2. The number of rotatable bonds is 15. The third kappa shape index (κ3) is 10.5. The second-order valence-electron chi connectivity index (χ2n) is 11.6. The van der Waals surface area contributed by atoms with Crippen LogP contribution in [0.15, 0.2) is 36.7 Å². The first kappa shape index (κ1) is 31.3. The van der Waals surface area contributed by atoms with Crippen LogP contribution in [0.25, 0.3) is 0 Å². The fourth-order valence-corrected chi connectivity index (χ4v) is 4.63. The molecule has 1 heterocycles. The summed E-state index contributed by atoms with van der Waals surface area (Å²) in [6.45, 7) is 13.5. The Morgan fingerprint density at radius 3 is 2.24 bits per heavy atom. The smallest absolute Gasteiger partial charge is 0.328 e. The van der Waals surface area contributed by atoms with Crippen LogP contribution >= 0.6 is 0 Å². The zero-order valence-corrected chi connectivity index (χ0v) is 24.5. The van der Waals surface area contributed by atoms with Crippen LogP contribution in [-0.2, 0) is 40.1 Å². The molecule has 1 amide bonds. The number of carbonyl (C=O) groups is 2. The number of unbranched alkanes of at least 4 members (excludes halogenated alkanes) is 1. The van der Waals surface area contributed by atoms with Gasteiger partial charge in [0.2, 0.25) is 12.1 Å². The summed E-state index contributed by atoms with van der Waals surface area (Å²) in [5.41, 5.74) is 4.44. The number of nitrogens with one attached hydrogen (secondary N) is 1. The summed E-state index contributed by atoms with van der Waals surface area (Å²) in [5, 5.41) is 13.7. The predicted molar refractivity (Wildman–Crippen MR) is 152 cm³/mol.